The first-order valence-electron chi connectivity index (χ1n) is 8.27. The summed E-state index contributed by atoms with van der Waals surface area (Å²) < 4.78 is 0. The van der Waals surface area contributed by atoms with Gasteiger partial charge in [-0.2, -0.15) is 11.3 Å². The van der Waals surface area contributed by atoms with Gasteiger partial charge < -0.3 is 10.2 Å². The van der Waals surface area contributed by atoms with E-state index in [1.165, 1.54) is 10.9 Å². The molecule has 0 spiro atoms. The van der Waals surface area contributed by atoms with Crippen molar-refractivity contribution in [3.63, 3.8) is 0 Å². The molecular weight excluding hydrogens is 328 g/mol. The lowest BCUT2D eigenvalue weighted by Gasteiger charge is -2.23. The van der Waals surface area contributed by atoms with Crippen LogP contribution in [0.3, 0.4) is 0 Å². The summed E-state index contributed by atoms with van der Waals surface area (Å²) in [5, 5.41) is 9.53. The number of carbonyl (C=O) groups excluding carboxylic acids is 1. The van der Waals surface area contributed by atoms with E-state index in [1.54, 1.807) is 17.4 Å². The van der Waals surface area contributed by atoms with E-state index in [4.69, 9.17) is 0 Å². The third kappa shape index (κ3) is 4.35. The Kier molecular flexibility index (Phi) is 5.64. The summed E-state index contributed by atoms with van der Waals surface area (Å²) in [6, 6.07) is 16.6. The molecular formula is C21H22N2OS. The molecule has 3 rings (SSSR count). The third-order valence-electron chi connectivity index (χ3n) is 4.26. The Hall–Kier alpha value is -2.43. The molecule has 0 fully saturated rings. The second kappa shape index (κ2) is 8.10. The van der Waals surface area contributed by atoms with Gasteiger partial charge in [-0.3, -0.25) is 4.79 Å². The number of nitrogens with zero attached hydrogens (tertiary/aromatic N) is 1. The summed E-state index contributed by atoms with van der Waals surface area (Å²) in [5.41, 5.74) is 2.28. The van der Waals surface area contributed by atoms with Crippen molar-refractivity contribution in [1.82, 2.24) is 10.2 Å². The van der Waals surface area contributed by atoms with Gasteiger partial charge in [0.25, 0.3) is 0 Å². The van der Waals surface area contributed by atoms with Gasteiger partial charge in [0.15, 0.2) is 0 Å². The Morgan fingerprint density at radius 1 is 1.16 bits per heavy atom. The predicted octanol–water partition coefficient (Wildman–Crippen LogP) is 4.33. The van der Waals surface area contributed by atoms with Gasteiger partial charge in [0, 0.05) is 12.6 Å². The molecule has 0 bridgehead atoms. The monoisotopic (exact) mass is 350 g/mol. The number of fused-ring (bicyclic) bond motifs is 1. The van der Waals surface area contributed by atoms with Crippen LogP contribution < -0.4 is 5.32 Å². The zero-order valence-electron chi connectivity index (χ0n) is 14.5. The largest absolute Gasteiger partial charge is 0.351 e. The highest BCUT2D eigenvalue weighted by atomic mass is 32.1. The number of hydrogen-bond acceptors (Lipinski definition) is 3. The Labute approximate surface area is 152 Å². The van der Waals surface area contributed by atoms with Crippen LogP contribution in [0.4, 0.5) is 0 Å². The summed E-state index contributed by atoms with van der Waals surface area (Å²) in [7, 11) is 4.06. The van der Waals surface area contributed by atoms with Gasteiger partial charge >= 0.3 is 0 Å². The smallest absolute Gasteiger partial charge is 0.244 e. The first kappa shape index (κ1) is 17.4. The number of nitrogens with one attached hydrogen (secondary N) is 1. The van der Waals surface area contributed by atoms with E-state index in [1.807, 2.05) is 44.4 Å². The van der Waals surface area contributed by atoms with Gasteiger partial charge in [0.1, 0.15) is 0 Å². The molecule has 1 amide bonds. The maximum absolute atomic E-state index is 12.2. The number of thiophene rings is 1. The van der Waals surface area contributed by atoms with Crippen molar-refractivity contribution in [3.8, 4) is 0 Å². The van der Waals surface area contributed by atoms with Crippen LogP contribution in [-0.2, 0) is 4.79 Å². The molecule has 1 aromatic heterocycles. The average Bonchev–Trinajstić information content (AvgIpc) is 3.14. The SMILES string of the molecule is CN(C)C(CNC(=O)C=Cc1cccc2ccccc12)c1ccsc1. The number of amides is 1. The molecule has 3 nitrogen and oxygen atoms in total. The van der Waals surface area contributed by atoms with Crippen molar-refractivity contribution in [2.24, 2.45) is 0 Å². The molecule has 0 aliphatic heterocycles. The lowest BCUT2D eigenvalue weighted by Crippen LogP contribution is -2.33. The van der Waals surface area contributed by atoms with E-state index in [0.29, 0.717) is 6.54 Å². The van der Waals surface area contributed by atoms with Crippen LogP contribution in [-0.4, -0.2) is 31.4 Å². The molecule has 0 aliphatic carbocycles. The fraction of sp³-hybridized carbons (Fsp3) is 0.190. The van der Waals surface area contributed by atoms with Crippen LogP contribution in [0.1, 0.15) is 17.2 Å². The van der Waals surface area contributed by atoms with Crippen LogP contribution in [0, 0.1) is 0 Å². The van der Waals surface area contributed by atoms with Crippen LogP contribution in [0.5, 0.6) is 0 Å². The topological polar surface area (TPSA) is 32.3 Å². The molecule has 0 saturated heterocycles. The van der Waals surface area contributed by atoms with Gasteiger partial charge in [0.05, 0.1) is 6.04 Å². The maximum Gasteiger partial charge on any atom is 0.244 e. The van der Waals surface area contributed by atoms with Crippen LogP contribution >= 0.6 is 11.3 Å². The normalized spacial score (nSPS) is 12.8. The molecule has 1 heterocycles. The van der Waals surface area contributed by atoms with Crippen molar-refractivity contribution >= 4 is 34.1 Å². The van der Waals surface area contributed by atoms with E-state index in [2.05, 4.69) is 45.2 Å². The molecule has 0 radical (unpaired) electrons. The summed E-state index contributed by atoms with van der Waals surface area (Å²) in [4.78, 5) is 14.4. The second-order valence-corrected chi connectivity index (χ2v) is 6.96. The Morgan fingerprint density at radius 2 is 1.96 bits per heavy atom. The fourth-order valence-corrected chi connectivity index (χ4v) is 3.59. The number of benzene rings is 2. The van der Waals surface area contributed by atoms with E-state index < -0.39 is 0 Å². The van der Waals surface area contributed by atoms with Crippen molar-refractivity contribution in [2.45, 2.75) is 6.04 Å². The van der Waals surface area contributed by atoms with Crippen LogP contribution in [0.15, 0.2) is 65.4 Å². The van der Waals surface area contributed by atoms with Crippen molar-refractivity contribution in [2.75, 3.05) is 20.6 Å². The Morgan fingerprint density at radius 3 is 2.72 bits per heavy atom. The fourth-order valence-electron chi connectivity index (χ4n) is 2.88. The molecule has 1 N–H and O–H groups in total. The van der Waals surface area contributed by atoms with E-state index in [9.17, 15) is 4.79 Å². The zero-order valence-corrected chi connectivity index (χ0v) is 15.3. The highest BCUT2D eigenvalue weighted by Gasteiger charge is 2.14. The van der Waals surface area contributed by atoms with Gasteiger partial charge in [0.2, 0.25) is 5.91 Å². The molecule has 25 heavy (non-hydrogen) atoms. The zero-order chi connectivity index (χ0) is 17.6. The first-order valence-corrected chi connectivity index (χ1v) is 9.21. The summed E-state index contributed by atoms with van der Waals surface area (Å²) in [6.07, 6.45) is 3.50. The van der Waals surface area contributed by atoms with Gasteiger partial charge in [-0.05, 0) is 58.9 Å². The van der Waals surface area contributed by atoms with Crippen molar-refractivity contribution < 1.29 is 4.79 Å². The van der Waals surface area contributed by atoms with Gasteiger partial charge in [-0.15, -0.1) is 0 Å². The van der Waals surface area contributed by atoms with Crippen LogP contribution in [0.2, 0.25) is 0 Å². The van der Waals surface area contributed by atoms with Crippen LogP contribution in [0.25, 0.3) is 16.8 Å². The molecule has 128 valence electrons. The average molecular weight is 350 g/mol. The second-order valence-electron chi connectivity index (χ2n) is 6.18. The summed E-state index contributed by atoms with van der Waals surface area (Å²) in [5.74, 6) is -0.0741. The van der Waals surface area contributed by atoms with E-state index in [-0.39, 0.29) is 11.9 Å². The molecule has 4 heteroatoms. The van der Waals surface area contributed by atoms with E-state index >= 15 is 0 Å². The summed E-state index contributed by atoms with van der Waals surface area (Å²) >= 11 is 1.67. The summed E-state index contributed by atoms with van der Waals surface area (Å²) in [6.45, 7) is 0.586. The lowest BCUT2D eigenvalue weighted by molar-refractivity contribution is -0.116. The van der Waals surface area contributed by atoms with Gasteiger partial charge in [-0.25, -0.2) is 0 Å². The number of hydrogen-bond donors (Lipinski definition) is 1. The molecule has 0 aliphatic rings. The first-order chi connectivity index (χ1) is 12.1. The van der Waals surface area contributed by atoms with E-state index in [0.717, 1.165) is 10.9 Å². The maximum atomic E-state index is 12.2. The molecule has 1 atom stereocenters. The Balaban J connectivity index is 1.66. The quantitative estimate of drug-likeness (QED) is 0.671. The van der Waals surface area contributed by atoms with Crippen molar-refractivity contribution in [3.05, 3.63) is 76.5 Å². The molecule has 2 aromatic carbocycles. The Bertz CT molecular complexity index is 863. The van der Waals surface area contributed by atoms with Gasteiger partial charge in [-0.1, -0.05) is 42.5 Å². The number of rotatable bonds is 6. The minimum atomic E-state index is -0.0741. The predicted molar refractivity (Wildman–Crippen MR) is 107 cm³/mol. The standard InChI is InChI=1S/C21H22N2OS/c1-23(2)20(18-12-13-25-15-18)14-22-21(24)11-10-17-8-5-7-16-6-3-4-9-19(16)17/h3-13,15,20H,14H2,1-2H3,(H,22,24). The molecule has 1 unspecified atom stereocenters. The molecule has 0 saturated carbocycles. The molecule has 3 aromatic rings. The van der Waals surface area contributed by atoms with Crippen molar-refractivity contribution in [1.29, 1.82) is 0 Å². The third-order valence-corrected chi connectivity index (χ3v) is 4.96. The number of likely N-dealkylation sites (N-methyl/N-ethyl adjacent to an activating group) is 1. The highest BCUT2D eigenvalue weighted by molar-refractivity contribution is 7.07. The minimum absolute atomic E-state index is 0.0741. The number of carbonyl (C=O) groups is 1. The highest BCUT2D eigenvalue weighted by Crippen LogP contribution is 2.21. The lowest BCUT2D eigenvalue weighted by atomic mass is 10.0. The minimum Gasteiger partial charge on any atom is -0.351 e.